The van der Waals surface area contributed by atoms with Crippen LogP contribution >= 0.6 is 12.2 Å². The van der Waals surface area contributed by atoms with Crippen molar-refractivity contribution in [2.24, 2.45) is 5.10 Å². The van der Waals surface area contributed by atoms with Crippen LogP contribution in [0, 0.1) is 4.77 Å². The van der Waals surface area contributed by atoms with Gasteiger partial charge in [-0.25, -0.2) is 4.68 Å². The van der Waals surface area contributed by atoms with Gasteiger partial charge in [0.15, 0.2) is 0 Å². The number of hydrogen-bond donors (Lipinski definition) is 1. The Morgan fingerprint density at radius 1 is 1.11 bits per heavy atom. The number of nitrogens with zero attached hydrogens (tertiary/aromatic N) is 5. The van der Waals surface area contributed by atoms with Crippen molar-refractivity contribution in [2.45, 2.75) is 0 Å². The molecule has 8 heteroatoms. The fraction of sp³-hybridized carbons (Fsp3) is 0.0526. The molecule has 0 bridgehead atoms. The predicted molar refractivity (Wildman–Crippen MR) is 106 cm³/mol. The third kappa shape index (κ3) is 3.42. The van der Waals surface area contributed by atoms with Crippen LogP contribution in [0.3, 0.4) is 0 Å². The second-order valence-electron chi connectivity index (χ2n) is 5.66. The van der Waals surface area contributed by atoms with Crippen LogP contribution in [-0.2, 0) is 0 Å². The zero-order valence-corrected chi connectivity index (χ0v) is 15.3. The van der Waals surface area contributed by atoms with Crippen molar-refractivity contribution in [1.82, 2.24) is 24.7 Å². The van der Waals surface area contributed by atoms with Crippen molar-refractivity contribution in [3.8, 4) is 22.7 Å². The van der Waals surface area contributed by atoms with E-state index in [0.717, 1.165) is 28.3 Å². The lowest BCUT2D eigenvalue weighted by Gasteiger charge is -2.06. The fourth-order valence-electron chi connectivity index (χ4n) is 2.69. The summed E-state index contributed by atoms with van der Waals surface area (Å²) in [6.07, 6.45) is 5.15. The molecule has 0 saturated heterocycles. The zero-order valence-electron chi connectivity index (χ0n) is 14.5. The summed E-state index contributed by atoms with van der Waals surface area (Å²) in [6, 6.07) is 17.6. The van der Waals surface area contributed by atoms with Gasteiger partial charge in [0.25, 0.3) is 0 Å². The summed E-state index contributed by atoms with van der Waals surface area (Å²) < 4.78 is 9.23. The Kier molecular flexibility index (Phi) is 4.63. The summed E-state index contributed by atoms with van der Waals surface area (Å²) >= 11 is 5.14. The summed E-state index contributed by atoms with van der Waals surface area (Å²) in [5, 5.41) is 15.7. The quantitative estimate of drug-likeness (QED) is 0.426. The second-order valence-corrected chi connectivity index (χ2v) is 6.05. The molecule has 2 heterocycles. The molecule has 4 rings (SSSR count). The molecule has 0 saturated carbocycles. The number of methoxy groups -OCH3 is 1. The number of aromatic nitrogens is 5. The van der Waals surface area contributed by atoms with Crippen LogP contribution in [0.25, 0.3) is 16.9 Å². The first-order valence-electron chi connectivity index (χ1n) is 8.21. The topological polar surface area (TPSA) is 73.0 Å². The van der Waals surface area contributed by atoms with Crippen LogP contribution in [0.5, 0.6) is 5.75 Å². The van der Waals surface area contributed by atoms with E-state index in [-0.39, 0.29) is 0 Å². The molecular formula is C19H16N6OS. The van der Waals surface area contributed by atoms with Crippen LogP contribution in [0.1, 0.15) is 5.56 Å². The minimum atomic E-state index is 0.417. The highest BCUT2D eigenvalue weighted by Crippen LogP contribution is 2.31. The molecule has 0 fully saturated rings. The van der Waals surface area contributed by atoms with E-state index >= 15 is 0 Å². The monoisotopic (exact) mass is 376 g/mol. The highest BCUT2D eigenvalue weighted by molar-refractivity contribution is 7.71. The number of benzene rings is 2. The predicted octanol–water partition coefficient (Wildman–Crippen LogP) is 3.68. The molecule has 0 unspecified atom stereocenters. The van der Waals surface area contributed by atoms with Gasteiger partial charge in [0, 0.05) is 17.3 Å². The summed E-state index contributed by atoms with van der Waals surface area (Å²) in [6.45, 7) is 0. The van der Waals surface area contributed by atoms with Gasteiger partial charge in [-0.05, 0) is 36.5 Å². The van der Waals surface area contributed by atoms with E-state index in [1.54, 1.807) is 13.3 Å². The highest BCUT2D eigenvalue weighted by atomic mass is 32.1. The van der Waals surface area contributed by atoms with E-state index in [9.17, 15) is 0 Å². The smallest absolute Gasteiger partial charge is 0.216 e. The number of H-pyrrole nitrogens is 1. The molecule has 4 aromatic rings. The van der Waals surface area contributed by atoms with E-state index < -0.39 is 0 Å². The van der Waals surface area contributed by atoms with Gasteiger partial charge < -0.3 is 4.74 Å². The highest BCUT2D eigenvalue weighted by Gasteiger charge is 2.15. The number of ether oxygens (including phenoxy) is 1. The fourth-order valence-corrected chi connectivity index (χ4v) is 2.84. The first-order valence-corrected chi connectivity index (χ1v) is 8.62. The summed E-state index contributed by atoms with van der Waals surface area (Å²) in [4.78, 5) is 0. The maximum Gasteiger partial charge on any atom is 0.216 e. The van der Waals surface area contributed by atoms with E-state index in [1.165, 1.54) is 11.0 Å². The van der Waals surface area contributed by atoms with Gasteiger partial charge in [-0.3, -0.25) is 5.10 Å². The normalized spacial score (nSPS) is 11.1. The van der Waals surface area contributed by atoms with Gasteiger partial charge in [0.1, 0.15) is 17.8 Å². The molecule has 2 aromatic heterocycles. The average molecular weight is 376 g/mol. The Morgan fingerprint density at radius 3 is 2.63 bits per heavy atom. The lowest BCUT2D eigenvalue weighted by molar-refractivity contribution is 0.416. The van der Waals surface area contributed by atoms with Crippen molar-refractivity contribution in [1.29, 1.82) is 0 Å². The molecule has 0 atom stereocenters. The Bertz CT molecular complexity index is 1140. The maximum atomic E-state index is 5.51. The number of nitrogens with one attached hydrogen (secondary N) is 1. The first-order chi connectivity index (χ1) is 13.3. The first kappa shape index (κ1) is 16.9. The van der Waals surface area contributed by atoms with Gasteiger partial charge in [0.2, 0.25) is 4.77 Å². The molecule has 0 aliphatic heterocycles. The van der Waals surface area contributed by atoms with Crippen molar-refractivity contribution in [2.75, 3.05) is 7.11 Å². The Morgan fingerprint density at radius 2 is 1.89 bits per heavy atom. The molecule has 2 aromatic carbocycles. The SMILES string of the molecule is COc1ccccc1-c1nn(-c2ccccc2)cc1/C=N\n1cn[nH]c1=S. The van der Waals surface area contributed by atoms with Crippen LogP contribution < -0.4 is 4.74 Å². The summed E-state index contributed by atoms with van der Waals surface area (Å²) in [5.74, 6) is 0.741. The molecule has 0 aliphatic rings. The van der Waals surface area contributed by atoms with Crippen LogP contribution in [0.15, 0.2) is 72.2 Å². The number of para-hydroxylation sites is 2. The van der Waals surface area contributed by atoms with E-state index in [2.05, 4.69) is 15.3 Å². The van der Waals surface area contributed by atoms with Crippen LogP contribution in [0.4, 0.5) is 0 Å². The minimum absolute atomic E-state index is 0.417. The van der Waals surface area contributed by atoms with Gasteiger partial charge in [-0.2, -0.15) is 20.0 Å². The van der Waals surface area contributed by atoms with Gasteiger partial charge >= 0.3 is 0 Å². The van der Waals surface area contributed by atoms with Crippen molar-refractivity contribution in [3.63, 3.8) is 0 Å². The molecule has 0 amide bonds. The van der Waals surface area contributed by atoms with Gasteiger partial charge in [-0.15, -0.1) is 0 Å². The van der Waals surface area contributed by atoms with Crippen molar-refractivity contribution >= 4 is 18.4 Å². The number of hydrogen-bond acceptors (Lipinski definition) is 5. The molecule has 27 heavy (non-hydrogen) atoms. The molecule has 7 nitrogen and oxygen atoms in total. The Balaban J connectivity index is 1.85. The Labute approximate surface area is 160 Å². The lowest BCUT2D eigenvalue weighted by Crippen LogP contribution is -1.95. The van der Waals surface area contributed by atoms with Crippen molar-refractivity contribution < 1.29 is 4.74 Å². The van der Waals surface area contributed by atoms with Crippen LogP contribution in [0.2, 0.25) is 0 Å². The van der Waals surface area contributed by atoms with E-state index in [1.807, 2.05) is 65.5 Å². The van der Waals surface area contributed by atoms with E-state index in [4.69, 9.17) is 22.1 Å². The summed E-state index contributed by atoms with van der Waals surface area (Å²) in [5.41, 5.74) is 3.42. The third-order valence-corrected chi connectivity index (χ3v) is 4.26. The molecule has 134 valence electrons. The van der Waals surface area contributed by atoms with E-state index in [0.29, 0.717) is 4.77 Å². The molecular weight excluding hydrogens is 360 g/mol. The maximum absolute atomic E-state index is 5.51. The largest absolute Gasteiger partial charge is 0.496 e. The molecule has 0 spiro atoms. The third-order valence-electron chi connectivity index (χ3n) is 3.98. The second kappa shape index (κ2) is 7.38. The van der Waals surface area contributed by atoms with Crippen molar-refractivity contribution in [3.05, 3.63) is 77.5 Å². The zero-order chi connectivity index (χ0) is 18.6. The molecule has 0 radical (unpaired) electrons. The minimum Gasteiger partial charge on any atom is -0.496 e. The number of rotatable bonds is 5. The standard InChI is InChI=1S/C19H16N6OS/c1-26-17-10-6-5-9-16(17)18-14(11-21-25-13-20-22-19(25)27)12-24(23-18)15-7-3-2-4-8-15/h2-13H,1H3,(H,22,27)/b21-11-. The number of aromatic amines is 1. The Hall–Kier alpha value is -3.52. The lowest BCUT2D eigenvalue weighted by atomic mass is 10.1. The molecule has 0 aliphatic carbocycles. The van der Waals surface area contributed by atoms with Crippen LogP contribution in [-0.4, -0.2) is 38.0 Å². The van der Waals surface area contributed by atoms with Gasteiger partial charge in [0.05, 0.1) is 19.0 Å². The average Bonchev–Trinajstić information content (AvgIpc) is 3.33. The van der Waals surface area contributed by atoms with Gasteiger partial charge in [-0.1, -0.05) is 30.3 Å². The molecule has 1 N–H and O–H groups in total. The summed E-state index contributed by atoms with van der Waals surface area (Å²) in [7, 11) is 1.64.